The Kier molecular flexibility index (Phi) is 4.78. The first-order valence-electron chi connectivity index (χ1n) is 5.85. The van der Waals surface area contributed by atoms with E-state index in [4.69, 9.17) is 0 Å². The third-order valence-electron chi connectivity index (χ3n) is 3.51. The molecule has 78 valence electrons. The molecule has 1 fully saturated rings. The van der Waals surface area contributed by atoms with Crippen molar-refractivity contribution in [2.75, 3.05) is 0 Å². The van der Waals surface area contributed by atoms with E-state index >= 15 is 0 Å². The largest absolute Gasteiger partial charge is 0.0888 e. The average molecular weight is 247 g/mol. The third-order valence-corrected chi connectivity index (χ3v) is 4.49. The zero-order valence-electron chi connectivity index (χ0n) is 9.11. The minimum Gasteiger partial charge on any atom is -0.0888 e. The second-order valence-electron chi connectivity index (χ2n) is 4.64. The van der Waals surface area contributed by atoms with E-state index in [1.54, 1.807) is 0 Å². The van der Waals surface area contributed by atoms with Crippen LogP contribution in [0.25, 0.3) is 0 Å². The zero-order chi connectivity index (χ0) is 9.73. The van der Waals surface area contributed by atoms with Gasteiger partial charge in [0.1, 0.15) is 0 Å². The zero-order valence-corrected chi connectivity index (χ0v) is 10.7. The fourth-order valence-corrected chi connectivity index (χ4v) is 2.77. The molecule has 0 saturated heterocycles. The summed E-state index contributed by atoms with van der Waals surface area (Å²) in [5, 5.41) is 0. The highest BCUT2D eigenvalue weighted by Gasteiger charge is 2.45. The molecule has 0 nitrogen and oxygen atoms in total. The van der Waals surface area contributed by atoms with Crippen molar-refractivity contribution in [1.82, 2.24) is 0 Å². The van der Waals surface area contributed by atoms with E-state index in [0.717, 1.165) is 4.83 Å². The van der Waals surface area contributed by atoms with Crippen molar-refractivity contribution < 1.29 is 0 Å². The van der Waals surface area contributed by atoms with Crippen LogP contribution in [0.5, 0.6) is 0 Å². The molecular weight excluding hydrogens is 224 g/mol. The minimum absolute atomic E-state index is 0.714. The molecule has 0 aromatic rings. The standard InChI is InChI=1S/C12H23Br/c1-3-4-5-6-7-8-12(9-10-12)11(2)13/h11H,3-10H2,1-2H3. The molecule has 1 heteroatoms. The van der Waals surface area contributed by atoms with E-state index < -0.39 is 0 Å². The van der Waals surface area contributed by atoms with E-state index in [-0.39, 0.29) is 0 Å². The Morgan fingerprint density at radius 3 is 2.23 bits per heavy atom. The van der Waals surface area contributed by atoms with Crippen molar-refractivity contribution in [2.45, 2.75) is 70.0 Å². The maximum atomic E-state index is 3.74. The Hall–Kier alpha value is 0.480. The quantitative estimate of drug-likeness (QED) is 0.443. The van der Waals surface area contributed by atoms with Crippen molar-refractivity contribution in [3.8, 4) is 0 Å². The van der Waals surface area contributed by atoms with Crippen LogP contribution in [-0.2, 0) is 0 Å². The predicted molar refractivity (Wildman–Crippen MR) is 63.4 cm³/mol. The van der Waals surface area contributed by atoms with Crippen molar-refractivity contribution >= 4 is 15.9 Å². The van der Waals surface area contributed by atoms with Crippen LogP contribution in [0.4, 0.5) is 0 Å². The number of hydrogen-bond acceptors (Lipinski definition) is 0. The summed E-state index contributed by atoms with van der Waals surface area (Å²) in [7, 11) is 0. The topological polar surface area (TPSA) is 0 Å². The summed E-state index contributed by atoms with van der Waals surface area (Å²) in [6.45, 7) is 4.60. The van der Waals surface area contributed by atoms with Crippen LogP contribution in [0.2, 0.25) is 0 Å². The molecule has 0 amide bonds. The Morgan fingerprint density at radius 2 is 1.77 bits per heavy atom. The molecule has 0 radical (unpaired) electrons. The number of halogens is 1. The summed E-state index contributed by atoms with van der Waals surface area (Å²) < 4.78 is 0. The molecule has 1 saturated carbocycles. The molecule has 1 aliphatic rings. The van der Waals surface area contributed by atoms with Gasteiger partial charge in [0.15, 0.2) is 0 Å². The molecule has 1 atom stereocenters. The van der Waals surface area contributed by atoms with Crippen molar-refractivity contribution in [1.29, 1.82) is 0 Å². The monoisotopic (exact) mass is 246 g/mol. The summed E-state index contributed by atoms with van der Waals surface area (Å²) in [5.41, 5.74) is 0.714. The van der Waals surface area contributed by atoms with Crippen molar-refractivity contribution in [3.05, 3.63) is 0 Å². The van der Waals surface area contributed by atoms with Gasteiger partial charge in [-0.1, -0.05) is 61.9 Å². The minimum atomic E-state index is 0.714. The van der Waals surface area contributed by atoms with Gasteiger partial charge in [-0.25, -0.2) is 0 Å². The van der Waals surface area contributed by atoms with Crippen molar-refractivity contribution in [3.63, 3.8) is 0 Å². The van der Waals surface area contributed by atoms with Crippen LogP contribution >= 0.6 is 15.9 Å². The number of hydrogen-bond donors (Lipinski definition) is 0. The maximum Gasteiger partial charge on any atom is 0.0173 e. The second-order valence-corrected chi connectivity index (χ2v) is 6.02. The highest BCUT2D eigenvalue weighted by Crippen LogP contribution is 2.55. The van der Waals surface area contributed by atoms with Crippen LogP contribution in [0.3, 0.4) is 0 Å². The van der Waals surface area contributed by atoms with Gasteiger partial charge in [0.25, 0.3) is 0 Å². The molecule has 0 heterocycles. The Balaban J connectivity index is 1.99. The van der Waals surface area contributed by atoms with Crippen LogP contribution in [0, 0.1) is 5.41 Å². The van der Waals surface area contributed by atoms with Crippen LogP contribution in [-0.4, -0.2) is 4.83 Å². The molecule has 1 aliphatic carbocycles. The first-order valence-corrected chi connectivity index (χ1v) is 6.77. The number of alkyl halides is 1. The van der Waals surface area contributed by atoms with Gasteiger partial charge in [-0.3, -0.25) is 0 Å². The molecule has 0 aromatic heterocycles. The highest BCUT2D eigenvalue weighted by molar-refractivity contribution is 9.09. The fourth-order valence-electron chi connectivity index (χ4n) is 2.09. The SMILES string of the molecule is CCCCCCCC1(C(C)Br)CC1. The van der Waals surface area contributed by atoms with Gasteiger partial charge in [0, 0.05) is 4.83 Å². The highest BCUT2D eigenvalue weighted by atomic mass is 79.9. The number of unbranched alkanes of at least 4 members (excludes halogenated alkanes) is 4. The van der Waals surface area contributed by atoms with E-state index in [2.05, 4.69) is 29.8 Å². The Labute approximate surface area is 91.6 Å². The van der Waals surface area contributed by atoms with Gasteiger partial charge >= 0.3 is 0 Å². The number of rotatable bonds is 7. The van der Waals surface area contributed by atoms with E-state index in [9.17, 15) is 0 Å². The summed E-state index contributed by atoms with van der Waals surface area (Å²) >= 11 is 3.74. The van der Waals surface area contributed by atoms with Gasteiger partial charge in [0.05, 0.1) is 0 Å². The summed E-state index contributed by atoms with van der Waals surface area (Å²) in [4.78, 5) is 0.742. The first kappa shape index (κ1) is 11.6. The maximum absolute atomic E-state index is 3.74. The summed E-state index contributed by atoms with van der Waals surface area (Å²) in [6.07, 6.45) is 11.5. The summed E-state index contributed by atoms with van der Waals surface area (Å²) in [5.74, 6) is 0. The molecule has 1 rings (SSSR count). The molecule has 13 heavy (non-hydrogen) atoms. The third kappa shape index (κ3) is 3.61. The summed E-state index contributed by atoms with van der Waals surface area (Å²) in [6, 6.07) is 0. The van der Waals surface area contributed by atoms with Crippen LogP contribution in [0.15, 0.2) is 0 Å². The van der Waals surface area contributed by atoms with E-state index in [1.165, 1.54) is 51.4 Å². The molecule has 1 unspecified atom stereocenters. The Bertz CT molecular complexity index is 136. The molecule has 0 aliphatic heterocycles. The second kappa shape index (κ2) is 5.38. The van der Waals surface area contributed by atoms with E-state index in [1.807, 2.05) is 0 Å². The lowest BCUT2D eigenvalue weighted by molar-refractivity contribution is 0.434. The van der Waals surface area contributed by atoms with Gasteiger partial charge in [0.2, 0.25) is 0 Å². The molecular formula is C12H23Br. The van der Waals surface area contributed by atoms with Gasteiger partial charge < -0.3 is 0 Å². The average Bonchev–Trinajstić information content (AvgIpc) is 2.85. The molecule has 0 aromatic carbocycles. The van der Waals surface area contributed by atoms with Crippen molar-refractivity contribution in [2.24, 2.45) is 5.41 Å². The smallest absolute Gasteiger partial charge is 0.0173 e. The fraction of sp³-hybridized carbons (Fsp3) is 1.00. The lowest BCUT2D eigenvalue weighted by Crippen LogP contribution is -2.11. The van der Waals surface area contributed by atoms with Gasteiger partial charge in [-0.15, -0.1) is 0 Å². The lowest BCUT2D eigenvalue weighted by atomic mass is 9.95. The van der Waals surface area contributed by atoms with Gasteiger partial charge in [-0.2, -0.15) is 0 Å². The first-order chi connectivity index (χ1) is 6.21. The molecule has 0 N–H and O–H groups in total. The predicted octanol–water partition coefficient (Wildman–Crippen LogP) is 4.91. The Morgan fingerprint density at radius 1 is 1.15 bits per heavy atom. The van der Waals surface area contributed by atoms with E-state index in [0.29, 0.717) is 5.41 Å². The van der Waals surface area contributed by atoms with Crippen LogP contribution < -0.4 is 0 Å². The lowest BCUT2D eigenvalue weighted by Gasteiger charge is -2.17. The van der Waals surface area contributed by atoms with Crippen LogP contribution in [0.1, 0.15) is 65.2 Å². The molecule has 0 bridgehead atoms. The normalized spacial score (nSPS) is 21.5. The molecule has 0 spiro atoms. The van der Waals surface area contributed by atoms with Gasteiger partial charge in [-0.05, 0) is 24.7 Å².